The molecule has 0 saturated heterocycles. The molecule has 3 nitrogen and oxygen atoms in total. The Morgan fingerprint density at radius 3 is 2.60 bits per heavy atom. The first-order chi connectivity index (χ1) is 4.61. The molecule has 0 bridgehead atoms. The minimum Gasteiger partial charge on any atom is -0.618 e. The van der Waals surface area contributed by atoms with E-state index in [1.165, 1.54) is 0 Å². The summed E-state index contributed by atoms with van der Waals surface area (Å²) < 4.78 is 1.87. The lowest BCUT2D eigenvalue weighted by molar-refractivity contribution is -0.619. The van der Waals surface area contributed by atoms with Crippen molar-refractivity contribution >= 4 is 45.2 Å². The van der Waals surface area contributed by atoms with Gasteiger partial charge in [-0.15, -0.1) is 0 Å². The second kappa shape index (κ2) is 3.07. The van der Waals surface area contributed by atoms with E-state index in [0.29, 0.717) is 12.0 Å². The van der Waals surface area contributed by atoms with E-state index in [4.69, 9.17) is 5.11 Å². The van der Waals surface area contributed by atoms with E-state index >= 15 is 0 Å². The highest BCUT2D eigenvalue weighted by Gasteiger charge is 2.06. The topological polar surface area (TPSA) is 47.2 Å². The van der Waals surface area contributed by atoms with Crippen LogP contribution in [0.2, 0.25) is 0 Å². The Balaban J connectivity index is 3.28. The molecule has 0 fully saturated rings. The second-order valence-electron chi connectivity index (χ2n) is 1.66. The lowest BCUT2D eigenvalue weighted by atomic mass is 10.5. The number of pyridine rings is 1. The second-order valence-corrected chi connectivity index (χ2v) is 3.92. The van der Waals surface area contributed by atoms with E-state index in [1.54, 1.807) is 6.07 Å². The highest BCUT2D eigenvalue weighted by atomic mass is 127. The van der Waals surface area contributed by atoms with Crippen LogP contribution in [0.1, 0.15) is 0 Å². The molecule has 0 aliphatic rings. The first-order valence-electron chi connectivity index (χ1n) is 2.38. The van der Waals surface area contributed by atoms with Crippen LogP contribution in [0.3, 0.4) is 0 Å². The number of aromatic hydroxyl groups is 1. The highest BCUT2D eigenvalue weighted by Crippen LogP contribution is 2.17. The van der Waals surface area contributed by atoms with Crippen molar-refractivity contribution in [3.05, 3.63) is 24.7 Å². The quantitative estimate of drug-likeness (QED) is 0.326. The zero-order valence-electron chi connectivity index (χ0n) is 4.71. The van der Waals surface area contributed by atoms with Gasteiger partial charge in [-0.3, -0.25) is 0 Å². The minimum atomic E-state index is 0.0241. The van der Waals surface area contributed by atoms with Crippen molar-refractivity contribution in [1.29, 1.82) is 0 Å². The van der Waals surface area contributed by atoms with E-state index in [0.717, 1.165) is 6.20 Å². The molecule has 10 heavy (non-hydrogen) atoms. The summed E-state index contributed by atoms with van der Waals surface area (Å²) >= 11 is 3.86. The Morgan fingerprint density at radius 2 is 2.10 bits per heavy atom. The van der Waals surface area contributed by atoms with E-state index < -0.39 is 0 Å². The average Bonchev–Trinajstić information content (AvgIpc) is 1.84. The van der Waals surface area contributed by atoms with Gasteiger partial charge < -0.3 is 10.3 Å². The Bertz CT molecular complexity index is 214. The molecule has 54 valence electrons. The molecule has 1 aromatic rings. The third-order valence-corrected chi connectivity index (χ3v) is 2.59. The molecular weight excluding hydrogens is 360 g/mol. The Hall–Kier alpha value is 0.210. The summed E-state index contributed by atoms with van der Waals surface area (Å²) in [5.74, 6) is 0.0241. The van der Waals surface area contributed by atoms with Crippen molar-refractivity contribution in [2.45, 2.75) is 0 Å². The maximum absolute atomic E-state index is 10.7. The molecule has 1 N–H and O–H groups in total. The van der Waals surface area contributed by atoms with Gasteiger partial charge >= 0.3 is 0 Å². The molecule has 0 aromatic carbocycles. The van der Waals surface area contributed by atoms with Crippen LogP contribution in [0.25, 0.3) is 0 Å². The minimum absolute atomic E-state index is 0.0241. The molecule has 0 aliphatic heterocycles. The van der Waals surface area contributed by atoms with Gasteiger partial charge in [0.2, 0.25) is 6.20 Å². The molecule has 0 amide bonds. The lowest BCUT2D eigenvalue weighted by Crippen LogP contribution is -2.29. The van der Waals surface area contributed by atoms with Crippen molar-refractivity contribution in [1.82, 2.24) is 0 Å². The van der Waals surface area contributed by atoms with Crippen molar-refractivity contribution in [3.8, 4) is 5.75 Å². The molecule has 1 heterocycles. The van der Waals surface area contributed by atoms with E-state index in [1.807, 2.05) is 45.2 Å². The zero-order valence-corrected chi connectivity index (χ0v) is 9.03. The van der Waals surface area contributed by atoms with Crippen LogP contribution in [0.5, 0.6) is 5.75 Å². The molecule has 1 aromatic heterocycles. The van der Waals surface area contributed by atoms with Crippen molar-refractivity contribution in [3.63, 3.8) is 0 Å². The van der Waals surface area contributed by atoms with Crippen LogP contribution in [-0.2, 0) is 0 Å². The van der Waals surface area contributed by atoms with E-state index in [2.05, 4.69) is 0 Å². The zero-order chi connectivity index (χ0) is 7.72. The normalized spacial score (nSPS) is 9.80. The van der Waals surface area contributed by atoms with E-state index in [-0.39, 0.29) is 5.75 Å². The molecule has 0 unspecified atom stereocenters. The number of hydrogen-bond acceptors (Lipinski definition) is 2. The van der Waals surface area contributed by atoms with Gasteiger partial charge in [-0.2, -0.15) is 4.73 Å². The smallest absolute Gasteiger partial charge is 0.253 e. The standard InChI is InChI=1S/C5H3I2NO2/c6-3-1-5(7)8(10)2-4(3)9/h1-2,9H. The van der Waals surface area contributed by atoms with Gasteiger partial charge in [0.05, 0.1) is 3.57 Å². The van der Waals surface area contributed by atoms with Crippen molar-refractivity contribution in [2.75, 3.05) is 0 Å². The van der Waals surface area contributed by atoms with Crippen LogP contribution < -0.4 is 4.73 Å². The number of halogens is 2. The van der Waals surface area contributed by atoms with Gasteiger partial charge in [0, 0.05) is 28.7 Å². The van der Waals surface area contributed by atoms with Gasteiger partial charge in [0.15, 0.2) is 5.75 Å². The van der Waals surface area contributed by atoms with Gasteiger partial charge in [-0.1, -0.05) is 0 Å². The third-order valence-electron chi connectivity index (χ3n) is 0.941. The van der Waals surface area contributed by atoms with Crippen molar-refractivity contribution in [2.24, 2.45) is 0 Å². The molecule has 5 heteroatoms. The number of nitrogens with zero attached hydrogens (tertiary/aromatic N) is 1. The maximum Gasteiger partial charge on any atom is 0.253 e. The maximum atomic E-state index is 10.7. The number of hydrogen-bond donors (Lipinski definition) is 1. The Labute approximate surface area is 84.9 Å². The van der Waals surface area contributed by atoms with Crippen LogP contribution in [-0.4, -0.2) is 5.11 Å². The summed E-state index contributed by atoms with van der Waals surface area (Å²) in [5.41, 5.74) is 0. The third kappa shape index (κ3) is 1.62. The number of rotatable bonds is 0. The fourth-order valence-electron chi connectivity index (χ4n) is 0.477. The largest absolute Gasteiger partial charge is 0.618 e. The molecular formula is C5H3I2NO2. The summed E-state index contributed by atoms with van der Waals surface area (Å²) in [7, 11) is 0. The summed E-state index contributed by atoms with van der Waals surface area (Å²) in [4.78, 5) is 0. The van der Waals surface area contributed by atoms with E-state index in [9.17, 15) is 5.21 Å². The van der Waals surface area contributed by atoms with Crippen LogP contribution in [0.15, 0.2) is 12.3 Å². The van der Waals surface area contributed by atoms with Crippen molar-refractivity contribution < 1.29 is 9.84 Å². The first-order valence-corrected chi connectivity index (χ1v) is 4.54. The van der Waals surface area contributed by atoms with Crippen LogP contribution in [0.4, 0.5) is 0 Å². The predicted octanol–water partition coefficient (Wildman–Crippen LogP) is 1.23. The molecule has 0 aliphatic carbocycles. The summed E-state index contributed by atoms with van der Waals surface area (Å²) in [6.07, 6.45) is 1.14. The first kappa shape index (κ1) is 8.31. The van der Waals surface area contributed by atoms with Crippen LogP contribution >= 0.6 is 45.2 Å². The fourth-order valence-corrected chi connectivity index (χ4v) is 1.96. The average molecular weight is 363 g/mol. The molecule has 0 atom stereocenters. The lowest BCUT2D eigenvalue weighted by Gasteiger charge is -1.99. The summed E-state index contributed by atoms with van der Waals surface area (Å²) in [6.45, 7) is 0. The Morgan fingerprint density at radius 1 is 1.50 bits per heavy atom. The van der Waals surface area contributed by atoms with Gasteiger partial charge in [-0.05, 0) is 22.6 Å². The molecule has 0 spiro atoms. The number of aromatic nitrogens is 1. The SMILES string of the molecule is [O-][n+]1cc(O)c(I)cc1I. The summed E-state index contributed by atoms with van der Waals surface area (Å²) in [6, 6.07) is 1.61. The van der Waals surface area contributed by atoms with Gasteiger partial charge in [0.1, 0.15) is 0 Å². The Kier molecular flexibility index (Phi) is 2.55. The summed E-state index contributed by atoms with van der Waals surface area (Å²) in [5, 5.41) is 19.7. The highest BCUT2D eigenvalue weighted by molar-refractivity contribution is 14.1. The van der Waals surface area contributed by atoms with Crippen LogP contribution in [0, 0.1) is 12.5 Å². The molecule has 1 rings (SSSR count). The van der Waals surface area contributed by atoms with Gasteiger partial charge in [-0.25, -0.2) is 0 Å². The molecule has 0 radical (unpaired) electrons. The van der Waals surface area contributed by atoms with Gasteiger partial charge in [0.25, 0.3) is 3.70 Å². The predicted molar refractivity (Wildman–Crippen MR) is 52.5 cm³/mol. The monoisotopic (exact) mass is 363 g/mol. The fraction of sp³-hybridized carbons (Fsp3) is 0. The molecule has 0 saturated carbocycles.